The largest absolute Gasteiger partial charge is 0.464 e. The number of nitrogens with one attached hydrogen (secondary N) is 1. The molecule has 3 atom stereocenters. The summed E-state index contributed by atoms with van der Waals surface area (Å²) < 4.78 is 5.54. The van der Waals surface area contributed by atoms with E-state index in [9.17, 15) is 9.90 Å². The normalized spacial score (nSPS) is 29.4. The molecule has 2 heterocycles. The molecule has 0 spiro atoms. The number of hydrogen-bond donors (Lipinski definition) is 2. The van der Waals surface area contributed by atoms with E-state index < -0.39 is 5.60 Å². The maximum absolute atomic E-state index is 12.4. The monoisotopic (exact) mass is 387 g/mol. The molecule has 3 unspecified atom stereocenters. The maximum Gasteiger partial charge on any atom is 0.310 e. The minimum Gasteiger partial charge on any atom is -0.464 e. The molecule has 1 aromatic heterocycles. The summed E-state index contributed by atoms with van der Waals surface area (Å²) in [6, 6.07) is 0. The number of carbonyl (C=O) groups is 1. The van der Waals surface area contributed by atoms with Gasteiger partial charge in [0.1, 0.15) is 6.61 Å². The number of aliphatic hydroxyl groups is 1. The summed E-state index contributed by atoms with van der Waals surface area (Å²) in [5.41, 5.74) is 1.38. The lowest BCUT2D eigenvalue weighted by molar-refractivity contribution is -0.143. The van der Waals surface area contributed by atoms with E-state index in [2.05, 4.69) is 33.9 Å². The molecule has 2 aliphatic carbocycles. The van der Waals surface area contributed by atoms with Crippen molar-refractivity contribution in [2.75, 3.05) is 45.9 Å². The molecule has 1 saturated heterocycles. The summed E-state index contributed by atoms with van der Waals surface area (Å²) in [6.07, 6.45) is 5.72. The summed E-state index contributed by atoms with van der Waals surface area (Å²) in [7, 11) is 0. The highest BCUT2D eigenvalue weighted by atomic mass is 16.5. The molecule has 4 rings (SSSR count). The second kappa shape index (κ2) is 7.65. The maximum atomic E-state index is 12.4. The first-order valence-corrected chi connectivity index (χ1v) is 10.6. The number of H-pyrrole nitrogens is 1. The molecule has 0 radical (unpaired) electrons. The fourth-order valence-electron chi connectivity index (χ4n) is 4.77. The van der Waals surface area contributed by atoms with Gasteiger partial charge in [-0.15, -0.1) is 0 Å². The van der Waals surface area contributed by atoms with Crippen LogP contribution in [0, 0.1) is 18.8 Å². The highest BCUT2D eigenvalue weighted by molar-refractivity contribution is 5.73. The van der Waals surface area contributed by atoms with Gasteiger partial charge in [-0.1, -0.05) is 19.1 Å². The van der Waals surface area contributed by atoms with E-state index in [0.717, 1.165) is 54.5 Å². The summed E-state index contributed by atoms with van der Waals surface area (Å²) >= 11 is 0. The Labute approximate surface area is 166 Å². The van der Waals surface area contributed by atoms with E-state index in [1.807, 2.05) is 13.8 Å². The predicted molar refractivity (Wildman–Crippen MR) is 109 cm³/mol. The van der Waals surface area contributed by atoms with Crippen LogP contribution in [-0.2, 0) is 16.0 Å². The highest BCUT2D eigenvalue weighted by Gasteiger charge is 2.58. The van der Waals surface area contributed by atoms with Crippen LogP contribution in [-0.4, -0.2) is 77.3 Å². The number of aromatic amines is 1. The third-order valence-corrected chi connectivity index (χ3v) is 6.71. The van der Waals surface area contributed by atoms with Crippen LogP contribution in [0.25, 0.3) is 12.2 Å². The zero-order valence-electron chi connectivity index (χ0n) is 17.3. The zero-order chi connectivity index (χ0) is 19.9. The lowest BCUT2D eigenvalue weighted by Gasteiger charge is -2.34. The van der Waals surface area contributed by atoms with Gasteiger partial charge in [-0.2, -0.15) is 0 Å². The third-order valence-electron chi connectivity index (χ3n) is 6.71. The molecule has 2 N–H and O–H groups in total. The van der Waals surface area contributed by atoms with E-state index in [0.29, 0.717) is 6.61 Å². The summed E-state index contributed by atoms with van der Waals surface area (Å²) in [5, 5.41) is 12.4. The van der Waals surface area contributed by atoms with Crippen molar-refractivity contribution in [3.8, 4) is 0 Å². The first-order valence-electron chi connectivity index (χ1n) is 10.6. The van der Waals surface area contributed by atoms with Crippen molar-refractivity contribution in [1.82, 2.24) is 14.8 Å². The number of ether oxygens (including phenoxy) is 1. The first-order chi connectivity index (χ1) is 13.4. The van der Waals surface area contributed by atoms with Crippen molar-refractivity contribution >= 4 is 18.1 Å². The van der Waals surface area contributed by atoms with Crippen LogP contribution in [0.4, 0.5) is 0 Å². The molecule has 6 nitrogen and oxygen atoms in total. The standard InChI is InChI=1S/C22H33N3O3/c1-4-5-24-6-8-25(9-7-24)10-11-28-21(26)13-16-15(2)23-20-14-19-18(12-17(16)20)22(19,3)27/h12,14,18-19,23,27H,4-11,13H2,1-3H3. The van der Waals surface area contributed by atoms with Crippen LogP contribution in [0.15, 0.2) is 0 Å². The van der Waals surface area contributed by atoms with Gasteiger partial charge in [0.2, 0.25) is 0 Å². The Morgan fingerprint density at radius 3 is 2.54 bits per heavy atom. The molecule has 3 aliphatic rings. The smallest absolute Gasteiger partial charge is 0.310 e. The van der Waals surface area contributed by atoms with Gasteiger partial charge >= 0.3 is 5.97 Å². The molecule has 1 saturated carbocycles. The van der Waals surface area contributed by atoms with Gasteiger partial charge in [0.15, 0.2) is 0 Å². The van der Waals surface area contributed by atoms with E-state index >= 15 is 0 Å². The van der Waals surface area contributed by atoms with Crippen LogP contribution in [0.5, 0.6) is 0 Å². The number of carbonyl (C=O) groups excluding carboxylic acids is 1. The van der Waals surface area contributed by atoms with Gasteiger partial charge in [0, 0.05) is 55.6 Å². The fourth-order valence-corrected chi connectivity index (χ4v) is 4.77. The predicted octanol–water partition coefficient (Wildman–Crippen LogP) is 0.00802. The molecular weight excluding hydrogens is 354 g/mol. The number of aromatic nitrogens is 1. The van der Waals surface area contributed by atoms with Gasteiger partial charge < -0.3 is 19.7 Å². The summed E-state index contributed by atoms with van der Waals surface area (Å²) in [6.45, 7) is 12.8. The highest BCUT2D eigenvalue weighted by Crippen LogP contribution is 2.53. The molecule has 1 aliphatic heterocycles. The van der Waals surface area contributed by atoms with Crippen molar-refractivity contribution in [2.45, 2.75) is 39.2 Å². The van der Waals surface area contributed by atoms with Crippen molar-refractivity contribution in [3.63, 3.8) is 0 Å². The topological polar surface area (TPSA) is 68.8 Å². The SMILES string of the molecule is CCCN1CCN(CCOC(=O)Cc2c(C)[nH]c3c2=CC2C(C=3)C2(C)O)CC1. The minimum absolute atomic E-state index is 0.163. The second-order valence-corrected chi connectivity index (χ2v) is 8.75. The third kappa shape index (κ3) is 3.78. The minimum atomic E-state index is -0.646. The van der Waals surface area contributed by atoms with Gasteiger partial charge in [-0.3, -0.25) is 9.69 Å². The van der Waals surface area contributed by atoms with E-state index in [1.54, 1.807) is 0 Å². The fraction of sp³-hybridized carbons (Fsp3) is 0.682. The molecule has 2 fully saturated rings. The molecule has 0 bridgehead atoms. The Morgan fingerprint density at radius 2 is 1.86 bits per heavy atom. The molecule has 154 valence electrons. The number of fused-ring (bicyclic) bond motifs is 2. The van der Waals surface area contributed by atoms with Gasteiger partial charge in [-0.05, 0) is 37.6 Å². The first kappa shape index (κ1) is 19.7. The van der Waals surface area contributed by atoms with E-state index in [-0.39, 0.29) is 24.2 Å². The van der Waals surface area contributed by atoms with Crippen molar-refractivity contribution in [1.29, 1.82) is 0 Å². The number of aryl methyl sites for hydroxylation is 1. The van der Waals surface area contributed by atoms with Crippen molar-refractivity contribution in [3.05, 3.63) is 21.8 Å². The van der Waals surface area contributed by atoms with E-state index in [4.69, 9.17) is 4.74 Å². The molecule has 0 amide bonds. The Balaban J connectivity index is 1.28. The van der Waals surface area contributed by atoms with Crippen molar-refractivity contribution < 1.29 is 14.6 Å². The van der Waals surface area contributed by atoms with Crippen LogP contribution >= 0.6 is 0 Å². The zero-order valence-corrected chi connectivity index (χ0v) is 17.3. The molecule has 1 aromatic rings. The van der Waals surface area contributed by atoms with Crippen molar-refractivity contribution in [2.24, 2.45) is 11.8 Å². The van der Waals surface area contributed by atoms with Gasteiger partial charge in [0.05, 0.1) is 12.0 Å². The average Bonchev–Trinajstić information content (AvgIpc) is 3.04. The Bertz CT molecular complexity index is 849. The van der Waals surface area contributed by atoms with E-state index in [1.165, 1.54) is 13.0 Å². The number of esters is 1. The lowest BCUT2D eigenvalue weighted by Crippen LogP contribution is -2.47. The van der Waals surface area contributed by atoms with Crippen LogP contribution in [0.2, 0.25) is 0 Å². The van der Waals surface area contributed by atoms with Crippen LogP contribution < -0.4 is 10.6 Å². The summed E-state index contributed by atoms with van der Waals surface area (Å²) in [4.78, 5) is 20.7. The quantitative estimate of drug-likeness (QED) is 0.645. The number of rotatable bonds is 7. The van der Waals surface area contributed by atoms with Crippen LogP contribution in [0.1, 0.15) is 31.5 Å². The number of nitrogens with zero attached hydrogens (tertiary/aromatic N) is 2. The van der Waals surface area contributed by atoms with Crippen LogP contribution in [0.3, 0.4) is 0 Å². The molecule has 0 aromatic carbocycles. The molecular formula is C22H33N3O3. The number of hydrogen-bond acceptors (Lipinski definition) is 5. The number of piperazine rings is 1. The Kier molecular flexibility index (Phi) is 5.38. The lowest BCUT2D eigenvalue weighted by atomic mass is 10.1. The second-order valence-electron chi connectivity index (χ2n) is 8.75. The average molecular weight is 388 g/mol. The van der Waals surface area contributed by atoms with Gasteiger partial charge in [-0.25, -0.2) is 0 Å². The summed E-state index contributed by atoms with van der Waals surface area (Å²) in [5.74, 6) is 0.180. The molecule has 28 heavy (non-hydrogen) atoms. The van der Waals surface area contributed by atoms with Gasteiger partial charge in [0.25, 0.3) is 0 Å². The Hall–Kier alpha value is -1.63. The Morgan fingerprint density at radius 1 is 1.21 bits per heavy atom. The molecule has 6 heteroatoms.